The second kappa shape index (κ2) is 13.8. The third kappa shape index (κ3) is 12.8. The molecule has 0 aromatic heterocycles. The van der Waals surface area contributed by atoms with E-state index >= 15 is 0 Å². The Morgan fingerprint density at radius 1 is 1.07 bits per heavy atom. The Labute approximate surface area is 178 Å². The highest BCUT2D eigenvalue weighted by atomic mass is 32.2. The molecule has 29 heavy (non-hydrogen) atoms. The summed E-state index contributed by atoms with van der Waals surface area (Å²) < 4.78 is 4.99. The second-order valence-electron chi connectivity index (χ2n) is 8.45. The Bertz CT molecular complexity index is 525. The van der Waals surface area contributed by atoms with Gasteiger partial charge in [-0.15, -0.1) is 0 Å². The van der Waals surface area contributed by atoms with Crippen molar-refractivity contribution >= 4 is 29.5 Å². The first-order valence-corrected chi connectivity index (χ1v) is 11.2. The number of aliphatic hydroxyl groups is 2. The van der Waals surface area contributed by atoms with Crippen molar-refractivity contribution in [3.8, 4) is 0 Å². The number of esters is 1. The average molecular weight is 435 g/mol. The Hall–Kier alpha value is -1.32. The second-order valence-corrected chi connectivity index (χ2v) is 9.67. The molecule has 8 nitrogen and oxygen atoms in total. The van der Waals surface area contributed by atoms with E-state index in [0.717, 1.165) is 17.9 Å². The minimum Gasteiger partial charge on any atom is -0.466 e. The van der Waals surface area contributed by atoms with Crippen molar-refractivity contribution in [3.63, 3.8) is 0 Å². The van der Waals surface area contributed by atoms with Crippen molar-refractivity contribution in [2.75, 3.05) is 37.8 Å². The molecule has 1 atom stereocenters. The van der Waals surface area contributed by atoms with Gasteiger partial charge in [0.2, 0.25) is 11.8 Å². The third-order valence-electron chi connectivity index (χ3n) is 4.47. The summed E-state index contributed by atoms with van der Waals surface area (Å²) in [6.45, 7) is 9.77. The molecule has 170 valence electrons. The van der Waals surface area contributed by atoms with Crippen LogP contribution in [-0.4, -0.2) is 71.9 Å². The predicted molar refractivity (Wildman–Crippen MR) is 114 cm³/mol. The Kier molecular flexibility index (Phi) is 13.2. The predicted octanol–water partition coefficient (Wildman–Crippen LogP) is 1.09. The molecule has 0 aliphatic carbocycles. The van der Waals surface area contributed by atoms with Crippen LogP contribution < -0.4 is 10.6 Å². The van der Waals surface area contributed by atoms with Gasteiger partial charge in [-0.25, -0.2) is 0 Å². The fourth-order valence-corrected chi connectivity index (χ4v) is 3.48. The molecule has 4 N–H and O–H groups in total. The van der Waals surface area contributed by atoms with E-state index in [0.29, 0.717) is 19.6 Å². The summed E-state index contributed by atoms with van der Waals surface area (Å²) in [7, 11) is 0. The molecule has 2 amide bonds. The molecule has 0 heterocycles. The number of carbonyl (C=O) groups is 3. The largest absolute Gasteiger partial charge is 0.466 e. The Balaban J connectivity index is 3.85. The van der Waals surface area contributed by atoms with Crippen molar-refractivity contribution in [2.24, 2.45) is 10.8 Å². The smallest absolute Gasteiger partial charge is 0.306 e. The molecule has 0 aliphatic heterocycles. The third-order valence-corrected chi connectivity index (χ3v) is 5.45. The maximum atomic E-state index is 11.8. The van der Waals surface area contributed by atoms with Gasteiger partial charge in [-0.05, 0) is 24.5 Å². The number of thioether (sulfide) groups is 1. The molecule has 0 saturated carbocycles. The van der Waals surface area contributed by atoms with Gasteiger partial charge in [0.1, 0.15) is 6.10 Å². The summed E-state index contributed by atoms with van der Waals surface area (Å²) in [5.41, 5.74) is -1.05. The fraction of sp³-hybridized carbons (Fsp3) is 0.850. The molecule has 0 aliphatic rings. The van der Waals surface area contributed by atoms with Crippen molar-refractivity contribution in [1.29, 1.82) is 0 Å². The van der Waals surface area contributed by atoms with Crippen LogP contribution in [-0.2, 0) is 19.1 Å². The van der Waals surface area contributed by atoms with Gasteiger partial charge in [-0.3, -0.25) is 14.4 Å². The number of nitrogens with one attached hydrogen (secondary N) is 2. The maximum absolute atomic E-state index is 11.8. The number of hydrogen-bond donors (Lipinski definition) is 4. The fourth-order valence-electron chi connectivity index (χ4n) is 2.33. The van der Waals surface area contributed by atoms with Gasteiger partial charge in [0.05, 0.1) is 19.6 Å². The molecular weight excluding hydrogens is 396 g/mol. The normalized spacial score (nSPS) is 12.9. The highest BCUT2D eigenvalue weighted by Crippen LogP contribution is 2.27. The van der Waals surface area contributed by atoms with E-state index in [1.165, 1.54) is 0 Å². The first-order valence-electron chi connectivity index (χ1n) is 10.0. The van der Waals surface area contributed by atoms with E-state index in [4.69, 9.17) is 9.84 Å². The van der Waals surface area contributed by atoms with Gasteiger partial charge in [0, 0.05) is 30.7 Å². The summed E-state index contributed by atoms with van der Waals surface area (Å²) in [5, 5.41) is 24.3. The molecule has 0 spiro atoms. The van der Waals surface area contributed by atoms with E-state index in [1.807, 2.05) is 13.8 Å². The number of ether oxygens (including phenoxy) is 1. The average Bonchev–Trinajstić information content (AvgIpc) is 2.63. The summed E-state index contributed by atoms with van der Waals surface area (Å²) in [4.78, 5) is 35.2. The van der Waals surface area contributed by atoms with Crippen LogP contribution in [0, 0.1) is 10.8 Å². The molecule has 0 fully saturated rings. The van der Waals surface area contributed by atoms with Gasteiger partial charge < -0.3 is 25.6 Å². The van der Waals surface area contributed by atoms with E-state index in [1.54, 1.807) is 32.5 Å². The van der Waals surface area contributed by atoms with Crippen LogP contribution in [0.1, 0.15) is 53.9 Å². The van der Waals surface area contributed by atoms with Crippen LogP contribution in [0.3, 0.4) is 0 Å². The summed E-state index contributed by atoms with van der Waals surface area (Å²) in [5.74, 6) is 0.699. The van der Waals surface area contributed by atoms with E-state index < -0.39 is 17.4 Å². The van der Waals surface area contributed by atoms with Crippen LogP contribution in [0.4, 0.5) is 0 Å². The SMILES string of the molecule is CCOC(=O)CC(C)(C)CCSCCNC(=O)CCNC(=O)C(O)C(C)(C)CO. The Morgan fingerprint density at radius 3 is 2.31 bits per heavy atom. The van der Waals surface area contributed by atoms with Crippen LogP contribution in [0.25, 0.3) is 0 Å². The van der Waals surface area contributed by atoms with Crippen molar-refractivity contribution < 1.29 is 29.3 Å². The topological polar surface area (TPSA) is 125 Å². The van der Waals surface area contributed by atoms with E-state index in [2.05, 4.69) is 10.6 Å². The van der Waals surface area contributed by atoms with Crippen LogP contribution >= 0.6 is 11.8 Å². The van der Waals surface area contributed by atoms with Crippen molar-refractivity contribution in [2.45, 2.75) is 60.0 Å². The lowest BCUT2D eigenvalue weighted by molar-refractivity contribution is -0.145. The lowest BCUT2D eigenvalue weighted by Gasteiger charge is -2.27. The molecule has 1 unspecified atom stereocenters. The standard InChI is InChI=1S/C20H38N2O6S/c1-6-28-16(25)13-19(2,3)8-11-29-12-10-21-15(24)7-9-22-18(27)17(26)20(4,5)14-23/h17,23,26H,6-14H2,1-5H3,(H,21,24)(H,22,27). The minimum atomic E-state index is -1.33. The monoisotopic (exact) mass is 434 g/mol. The van der Waals surface area contributed by atoms with Gasteiger partial charge in [0.15, 0.2) is 0 Å². The number of carbonyl (C=O) groups excluding carboxylic acids is 3. The zero-order valence-electron chi connectivity index (χ0n) is 18.4. The molecule has 0 rings (SSSR count). The molecule has 9 heteroatoms. The van der Waals surface area contributed by atoms with Gasteiger partial charge in [-0.2, -0.15) is 11.8 Å². The molecule has 0 aromatic carbocycles. The first-order chi connectivity index (χ1) is 13.4. The van der Waals surface area contributed by atoms with E-state index in [-0.39, 0.29) is 36.9 Å². The number of aliphatic hydroxyl groups excluding tert-OH is 2. The van der Waals surface area contributed by atoms with Gasteiger partial charge in [-0.1, -0.05) is 27.7 Å². The highest BCUT2D eigenvalue weighted by Gasteiger charge is 2.32. The van der Waals surface area contributed by atoms with Crippen LogP contribution in [0.15, 0.2) is 0 Å². The zero-order valence-corrected chi connectivity index (χ0v) is 19.2. The number of rotatable bonds is 15. The molecule has 0 saturated heterocycles. The minimum absolute atomic E-state index is 0.115. The first kappa shape index (κ1) is 27.7. The van der Waals surface area contributed by atoms with Crippen molar-refractivity contribution in [1.82, 2.24) is 10.6 Å². The molecule has 0 aromatic rings. The quantitative estimate of drug-likeness (QED) is 0.225. The summed E-state index contributed by atoms with van der Waals surface area (Å²) in [6, 6.07) is 0. The summed E-state index contributed by atoms with van der Waals surface area (Å²) in [6.07, 6.45) is 0.0618. The summed E-state index contributed by atoms with van der Waals surface area (Å²) >= 11 is 1.71. The number of hydrogen-bond acceptors (Lipinski definition) is 7. The maximum Gasteiger partial charge on any atom is 0.306 e. The lowest BCUT2D eigenvalue weighted by Crippen LogP contribution is -2.46. The van der Waals surface area contributed by atoms with Gasteiger partial charge >= 0.3 is 5.97 Å². The van der Waals surface area contributed by atoms with Gasteiger partial charge in [0.25, 0.3) is 0 Å². The lowest BCUT2D eigenvalue weighted by atomic mass is 9.86. The van der Waals surface area contributed by atoms with Crippen molar-refractivity contribution in [3.05, 3.63) is 0 Å². The highest BCUT2D eigenvalue weighted by molar-refractivity contribution is 7.99. The van der Waals surface area contributed by atoms with Crippen LogP contribution in [0.2, 0.25) is 0 Å². The zero-order chi connectivity index (χ0) is 22.5. The molecule has 0 bridgehead atoms. The molecular formula is C20H38N2O6S. The molecule has 0 radical (unpaired) electrons. The van der Waals surface area contributed by atoms with E-state index in [9.17, 15) is 19.5 Å². The Morgan fingerprint density at radius 2 is 1.72 bits per heavy atom. The van der Waals surface area contributed by atoms with Crippen LogP contribution in [0.5, 0.6) is 0 Å². The number of amides is 2.